The Morgan fingerprint density at radius 3 is 2.81 bits per heavy atom. The van der Waals surface area contributed by atoms with Crippen molar-refractivity contribution in [1.82, 2.24) is 19.9 Å². The topological polar surface area (TPSA) is 95.6 Å². The van der Waals surface area contributed by atoms with Gasteiger partial charge in [0.1, 0.15) is 11.9 Å². The van der Waals surface area contributed by atoms with Gasteiger partial charge in [-0.25, -0.2) is 14.4 Å². The molecule has 1 aliphatic rings. The van der Waals surface area contributed by atoms with Gasteiger partial charge in [0, 0.05) is 54.7 Å². The summed E-state index contributed by atoms with van der Waals surface area (Å²) in [6.07, 6.45) is 1.29. The van der Waals surface area contributed by atoms with Gasteiger partial charge in [0.2, 0.25) is 5.88 Å². The van der Waals surface area contributed by atoms with E-state index in [1.807, 2.05) is 38.1 Å². The van der Waals surface area contributed by atoms with Crippen LogP contribution in [0.4, 0.5) is 21.6 Å². The predicted molar refractivity (Wildman–Crippen MR) is 140 cm³/mol. The molecule has 9 nitrogen and oxygen atoms in total. The third-order valence-electron chi connectivity index (χ3n) is 6.38. The molecule has 0 bridgehead atoms. The van der Waals surface area contributed by atoms with Gasteiger partial charge < -0.3 is 29.6 Å². The molecule has 0 spiro atoms. The number of aromatic nitrogens is 3. The summed E-state index contributed by atoms with van der Waals surface area (Å²) in [5, 5.41) is 3.65. The van der Waals surface area contributed by atoms with E-state index in [0.29, 0.717) is 30.7 Å². The fraction of sp³-hybridized carbons (Fsp3) is 0.296. The number of carbonyl (C=O) groups is 1. The van der Waals surface area contributed by atoms with Crippen molar-refractivity contribution in [3.05, 3.63) is 65.9 Å². The quantitative estimate of drug-likeness (QED) is 0.371. The summed E-state index contributed by atoms with van der Waals surface area (Å²) in [6.45, 7) is 7.14. The molecule has 1 aliphatic heterocycles. The molecule has 192 valence electrons. The molecular formula is C27H29FN6O3. The molecule has 0 unspecified atom stereocenters. The number of halogens is 1. The number of fused-ring (bicyclic) bond motifs is 1. The van der Waals surface area contributed by atoms with Gasteiger partial charge >= 0.3 is 0 Å². The largest absolute Gasteiger partial charge is 0.435 e. The third kappa shape index (κ3) is 5.05. The van der Waals surface area contributed by atoms with Gasteiger partial charge in [0.15, 0.2) is 17.4 Å². The van der Waals surface area contributed by atoms with Gasteiger partial charge in [-0.15, -0.1) is 0 Å². The van der Waals surface area contributed by atoms with Crippen LogP contribution in [0.2, 0.25) is 0 Å². The Hall–Kier alpha value is -4.18. The maximum Gasteiger partial charge on any atom is 0.262 e. The van der Waals surface area contributed by atoms with Gasteiger partial charge in [-0.3, -0.25) is 4.79 Å². The summed E-state index contributed by atoms with van der Waals surface area (Å²) in [4.78, 5) is 28.8. The number of nitrogens with zero attached hydrogens (tertiary/aromatic N) is 4. The number of rotatable bonds is 7. The molecule has 10 heteroatoms. The average molecular weight is 505 g/mol. The van der Waals surface area contributed by atoms with E-state index in [4.69, 9.17) is 9.47 Å². The lowest BCUT2D eigenvalue weighted by atomic mass is 10.2. The van der Waals surface area contributed by atoms with Crippen LogP contribution in [0.25, 0.3) is 10.9 Å². The van der Waals surface area contributed by atoms with Gasteiger partial charge in [-0.05, 0) is 50.2 Å². The van der Waals surface area contributed by atoms with E-state index in [1.165, 1.54) is 17.3 Å². The summed E-state index contributed by atoms with van der Waals surface area (Å²) in [6, 6.07) is 12.8. The molecule has 5 rings (SSSR count). The van der Waals surface area contributed by atoms with Crippen molar-refractivity contribution < 1.29 is 18.7 Å². The van der Waals surface area contributed by atoms with Crippen molar-refractivity contribution in [2.75, 3.05) is 50.1 Å². The number of H-pyrrole nitrogens is 1. The molecule has 0 atom stereocenters. The van der Waals surface area contributed by atoms with E-state index in [9.17, 15) is 4.79 Å². The van der Waals surface area contributed by atoms with Crippen molar-refractivity contribution >= 4 is 34.0 Å². The second-order valence-electron chi connectivity index (χ2n) is 8.89. The number of morpholine rings is 1. The number of nitrogens with one attached hydrogen (secondary N) is 2. The molecule has 1 amide bonds. The van der Waals surface area contributed by atoms with Gasteiger partial charge in [0.05, 0.1) is 13.2 Å². The molecule has 2 N–H and O–H groups in total. The summed E-state index contributed by atoms with van der Waals surface area (Å²) >= 11 is 0. The Kier molecular flexibility index (Phi) is 6.91. The fourth-order valence-corrected chi connectivity index (χ4v) is 4.28. The Morgan fingerprint density at radius 2 is 2.03 bits per heavy atom. The maximum atomic E-state index is 15.3. The summed E-state index contributed by atoms with van der Waals surface area (Å²) < 4.78 is 26.7. The molecule has 1 saturated heterocycles. The summed E-state index contributed by atoms with van der Waals surface area (Å²) in [5.74, 6) is -0.663. The zero-order valence-corrected chi connectivity index (χ0v) is 21.0. The van der Waals surface area contributed by atoms with Crippen LogP contribution < -0.4 is 15.0 Å². The fourth-order valence-electron chi connectivity index (χ4n) is 4.28. The highest BCUT2D eigenvalue weighted by molar-refractivity contribution is 6.01. The number of aromatic amines is 1. The Morgan fingerprint density at radius 1 is 1.22 bits per heavy atom. The maximum absolute atomic E-state index is 15.3. The second-order valence-corrected chi connectivity index (χ2v) is 8.89. The van der Waals surface area contributed by atoms with Crippen molar-refractivity contribution in [3.8, 4) is 11.6 Å². The molecule has 0 aliphatic carbocycles. The zero-order valence-electron chi connectivity index (χ0n) is 21.0. The number of aryl methyl sites for hydroxylation is 1. The first kappa shape index (κ1) is 24.5. The van der Waals surface area contributed by atoms with Crippen molar-refractivity contribution in [3.63, 3.8) is 0 Å². The number of benzene rings is 2. The van der Waals surface area contributed by atoms with E-state index < -0.39 is 5.82 Å². The molecule has 0 radical (unpaired) electrons. The van der Waals surface area contributed by atoms with Crippen molar-refractivity contribution in [1.29, 1.82) is 0 Å². The molecule has 37 heavy (non-hydrogen) atoms. The molecule has 3 heterocycles. The van der Waals surface area contributed by atoms with E-state index in [-0.39, 0.29) is 28.9 Å². The van der Waals surface area contributed by atoms with Gasteiger partial charge in [-0.2, -0.15) is 0 Å². The number of carbonyl (C=O) groups excluding carboxylic acids is 1. The van der Waals surface area contributed by atoms with Crippen LogP contribution >= 0.6 is 0 Å². The highest BCUT2D eigenvalue weighted by Crippen LogP contribution is 2.34. The Labute approximate surface area is 214 Å². The smallest absolute Gasteiger partial charge is 0.262 e. The van der Waals surface area contributed by atoms with E-state index in [0.717, 1.165) is 30.2 Å². The lowest BCUT2D eigenvalue weighted by molar-refractivity contribution is 0.0799. The second kappa shape index (κ2) is 10.4. The minimum absolute atomic E-state index is 0.0290. The minimum atomic E-state index is -0.532. The Bertz CT molecular complexity index is 1430. The van der Waals surface area contributed by atoms with E-state index in [1.54, 1.807) is 19.2 Å². The highest BCUT2D eigenvalue weighted by Gasteiger charge is 2.25. The van der Waals surface area contributed by atoms with Crippen molar-refractivity contribution in [2.45, 2.75) is 13.8 Å². The van der Waals surface area contributed by atoms with E-state index >= 15 is 4.39 Å². The molecule has 0 saturated carbocycles. The lowest BCUT2D eigenvalue weighted by Gasteiger charge is -2.29. The molecule has 1 fully saturated rings. The first-order valence-electron chi connectivity index (χ1n) is 12.2. The normalized spacial score (nSPS) is 13.6. The number of hydrogen-bond acceptors (Lipinski definition) is 7. The number of hydrogen-bond donors (Lipinski definition) is 2. The standard InChI is InChI=1S/C27H29FN6O3/c1-4-33(3)27(35)23-25(32-18-6-5-7-19(15-18)34-10-12-36-13-11-34)29-16-30-26(23)37-22-9-8-21-20(24(22)28)14-17(2)31-21/h5-9,14-16,31H,4,10-13H2,1-3H3,(H,29,30,32). The Balaban J connectivity index is 1.51. The van der Waals surface area contributed by atoms with Gasteiger partial charge in [-0.1, -0.05) is 6.07 Å². The number of anilines is 3. The number of ether oxygens (including phenoxy) is 2. The summed E-state index contributed by atoms with van der Waals surface area (Å²) in [5.41, 5.74) is 3.40. The molecule has 4 aromatic rings. The van der Waals surface area contributed by atoms with Crippen LogP contribution in [0.1, 0.15) is 23.0 Å². The minimum Gasteiger partial charge on any atom is -0.435 e. The lowest BCUT2D eigenvalue weighted by Crippen LogP contribution is -2.36. The average Bonchev–Trinajstić information content (AvgIpc) is 3.31. The van der Waals surface area contributed by atoms with Gasteiger partial charge in [0.25, 0.3) is 5.91 Å². The molecule has 2 aromatic heterocycles. The molecule has 2 aromatic carbocycles. The molecular weight excluding hydrogens is 475 g/mol. The van der Waals surface area contributed by atoms with Crippen molar-refractivity contribution in [2.24, 2.45) is 0 Å². The number of amides is 1. The zero-order chi connectivity index (χ0) is 25.9. The van der Waals surface area contributed by atoms with Crippen LogP contribution in [0, 0.1) is 12.7 Å². The first-order chi connectivity index (χ1) is 17.9. The highest BCUT2D eigenvalue weighted by atomic mass is 19.1. The van der Waals surface area contributed by atoms with Crippen LogP contribution in [0.5, 0.6) is 11.6 Å². The third-order valence-corrected chi connectivity index (χ3v) is 6.38. The first-order valence-corrected chi connectivity index (χ1v) is 12.2. The van der Waals surface area contributed by atoms with Crippen LogP contribution in [-0.4, -0.2) is 65.7 Å². The van der Waals surface area contributed by atoms with Crippen LogP contribution in [-0.2, 0) is 4.74 Å². The predicted octanol–water partition coefficient (Wildman–Crippen LogP) is 4.87. The van der Waals surface area contributed by atoms with E-state index in [2.05, 4.69) is 25.2 Å². The van der Waals surface area contributed by atoms with Crippen LogP contribution in [0.15, 0.2) is 48.8 Å². The summed E-state index contributed by atoms with van der Waals surface area (Å²) in [7, 11) is 1.68. The van der Waals surface area contributed by atoms with Crippen LogP contribution in [0.3, 0.4) is 0 Å². The monoisotopic (exact) mass is 504 g/mol. The SMILES string of the molecule is CCN(C)C(=O)c1c(Nc2cccc(N3CCOCC3)c2)ncnc1Oc1ccc2[nH]c(C)cc2c1F.